The molecule has 1 amide bonds. The van der Waals surface area contributed by atoms with E-state index in [-0.39, 0.29) is 5.91 Å². The summed E-state index contributed by atoms with van der Waals surface area (Å²) in [5.74, 6) is 0.0532. The van der Waals surface area contributed by atoms with Crippen molar-refractivity contribution < 1.29 is 4.79 Å². The molecular formula is C13H15N3OS. The first-order valence-corrected chi connectivity index (χ1v) is 6.68. The van der Waals surface area contributed by atoms with Crippen molar-refractivity contribution in [3.05, 3.63) is 46.2 Å². The van der Waals surface area contributed by atoms with Gasteiger partial charge in [0.05, 0.1) is 10.7 Å². The monoisotopic (exact) mass is 261 g/mol. The fourth-order valence-electron chi connectivity index (χ4n) is 1.55. The van der Waals surface area contributed by atoms with Crippen LogP contribution in [-0.4, -0.2) is 15.9 Å². The molecule has 0 radical (unpaired) electrons. The minimum Gasteiger partial charge on any atom is -0.352 e. The van der Waals surface area contributed by atoms with Crippen LogP contribution in [0.4, 0.5) is 0 Å². The lowest BCUT2D eigenvalue weighted by Gasteiger charge is -2.04. The molecule has 2 aromatic rings. The topological polar surface area (TPSA) is 54.9 Å². The zero-order valence-corrected chi connectivity index (χ0v) is 11.0. The Balaban J connectivity index is 1.73. The number of carbonyl (C=O) groups is 1. The third kappa shape index (κ3) is 3.92. The predicted octanol–water partition coefficient (Wildman–Crippen LogP) is 2.10. The number of pyridine rings is 1. The summed E-state index contributed by atoms with van der Waals surface area (Å²) in [6.45, 7) is 2.52. The Hall–Kier alpha value is -1.75. The summed E-state index contributed by atoms with van der Waals surface area (Å²) in [5, 5.41) is 5.93. The van der Waals surface area contributed by atoms with Gasteiger partial charge in [-0.05, 0) is 31.0 Å². The lowest BCUT2D eigenvalue weighted by molar-refractivity contribution is -0.121. The Kier molecular flexibility index (Phi) is 4.41. The maximum absolute atomic E-state index is 11.6. The molecule has 0 fully saturated rings. The molecule has 0 unspecified atom stereocenters. The quantitative estimate of drug-likeness (QED) is 0.896. The molecule has 0 bridgehead atoms. The number of aromatic nitrogens is 2. The van der Waals surface area contributed by atoms with Gasteiger partial charge in [0.25, 0.3) is 0 Å². The van der Waals surface area contributed by atoms with E-state index in [1.807, 2.05) is 24.4 Å². The van der Waals surface area contributed by atoms with Crippen LogP contribution in [0.2, 0.25) is 0 Å². The Labute approximate surface area is 110 Å². The third-order valence-electron chi connectivity index (χ3n) is 2.51. The number of aryl methyl sites for hydroxylation is 2. The second kappa shape index (κ2) is 6.26. The Bertz CT molecular complexity index is 510. The van der Waals surface area contributed by atoms with E-state index in [0.29, 0.717) is 19.4 Å². The first-order chi connectivity index (χ1) is 8.74. The van der Waals surface area contributed by atoms with Gasteiger partial charge in [-0.3, -0.25) is 9.78 Å². The molecule has 0 aliphatic heterocycles. The zero-order valence-electron chi connectivity index (χ0n) is 10.2. The Morgan fingerprint density at radius 3 is 2.83 bits per heavy atom. The van der Waals surface area contributed by atoms with E-state index >= 15 is 0 Å². The van der Waals surface area contributed by atoms with Gasteiger partial charge in [0.2, 0.25) is 5.91 Å². The summed E-state index contributed by atoms with van der Waals surface area (Å²) in [5.41, 5.74) is 2.06. The standard InChI is InChI=1S/C13H15N3OS/c1-10-16-12(9-18-10)2-3-13(17)15-8-11-4-6-14-7-5-11/h4-7,9H,2-3,8H2,1H3,(H,15,17). The van der Waals surface area contributed by atoms with E-state index in [0.717, 1.165) is 16.3 Å². The minimum absolute atomic E-state index is 0.0532. The molecule has 0 saturated heterocycles. The maximum Gasteiger partial charge on any atom is 0.220 e. The number of nitrogens with zero attached hydrogens (tertiary/aromatic N) is 2. The van der Waals surface area contributed by atoms with Crippen molar-refractivity contribution in [2.75, 3.05) is 0 Å². The van der Waals surface area contributed by atoms with E-state index in [4.69, 9.17) is 0 Å². The van der Waals surface area contributed by atoms with Crippen molar-refractivity contribution in [1.29, 1.82) is 0 Å². The van der Waals surface area contributed by atoms with Gasteiger partial charge < -0.3 is 5.32 Å². The van der Waals surface area contributed by atoms with Crippen molar-refractivity contribution in [3.8, 4) is 0 Å². The molecule has 0 atom stereocenters. The second-order valence-corrected chi connectivity index (χ2v) is 5.05. The summed E-state index contributed by atoms with van der Waals surface area (Å²) >= 11 is 1.62. The average Bonchev–Trinajstić information content (AvgIpc) is 2.81. The lowest BCUT2D eigenvalue weighted by Crippen LogP contribution is -2.23. The molecule has 2 heterocycles. The highest BCUT2D eigenvalue weighted by Gasteiger charge is 2.04. The van der Waals surface area contributed by atoms with Crippen LogP contribution < -0.4 is 5.32 Å². The van der Waals surface area contributed by atoms with Gasteiger partial charge in [0.15, 0.2) is 0 Å². The number of amides is 1. The van der Waals surface area contributed by atoms with Gasteiger partial charge in [-0.25, -0.2) is 4.98 Å². The molecule has 1 N–H and O–H groups in total. The first-order valence-electron chi connectivity index (χ1n) is 5.80. The lowest BCUT2D eigenvalue weighted by atomic mass is 10.2. The van der Waals surface area contributed by atoms with E-state index in [1.165, 1.54) is 0 Å². The van der Waals surface area contributed by atoms with Gasteiger partial charge in [0, 0.05) is 30.7 Å². The van der Waals surface area contributed by atoms with Crippen LogP contribution >= 0.6 is 11.3 Å². The van der Waals surface area contributed by atoms with Gasteiger partial charge in [-0.1, -0.05) is 0 Å². The van der Waals surface area contributed by atoms with Crippen LogP contribution in [0.3, 0.4) is 0 Å². The first kappa shape index (κ1) is 12.7. The normalized spacial score (nSPS) is 10.3. The summed E-state index contributed by atoms with van der Waals surface area (Å²) in [6, 6.07) is 3.79. The van der Waals surface area contributed by atoms with Gasteiger partial charge in [-0.2, -0.15) is 0 Å². The smallest absolute Gasteiger partial charge is 0.220 e. The molecule has 94 valence electrons. The SMILES string of the molecule is Cc1nc(CCC(=O)NCc2ccncc2)cs1. The van der Waals surface area contributed by atoms with Crippen molar-refractivity contribution in [2.45, 2.75) is 26.3 Å². The van der Waals surface area contributed by atoms with E-state index < -0.39 is 0 Å². The molecule has 0 spiro atoms. The highest BCUT2D eigenvalue weighted by Crippen LogP contribution is 2.09. The number of hydrogen-bond acceptors (Lipinski definition) is 4. The number of carbonyl (C=O) groups excluding carboxylic acids is 1. The minimum atomic E-state index is 0.0532. The van der Waals surface area contributed by atoms with Crippen LogP contribution in [0.5, 0.6) is 0 Å². The summed E-state index contributed by atoms with van der Waals surface area (Å²) in [4.78, 5) is 19.9. The Morgan fingerprint density at radius 1 is 1.39 bits per heavy atom. The van der Waals surface area contributed by atoms with E-state index in [1.54, 1.807) is 23.7 Å². The van der Waals surface area contributed by atoms with Gasteiger partial charge in [-0.15, -0.1) is 11.3 Å². The summed E-state index contributed by atoms with van der Waals surface area (Å²) in [6.07, 6.45) is 4.62. The number of thiazole rings is 1. The highest BCUT2D eigenvalue weighted by atomic mass is 32.1. The zero-order chi connectivity index (χ0) is 12.8. The van der Waals surface area contributed by atoms with Crippen molar-refractivity contribution in [1.82, 2.24) is 15.3 Å². The molecule has 18 heavy (non-hydrogen) atoms. The van der Waals surface area contributed by atoms with Crippen LogP contribution in [0.15, 0.2) is 29.9 Å². The third-order valence-corrected chi connectivity index (χ3v) is 3.34. The van der Waals surface area contributed by atoms with Crippen LogP contribution in [0.25, 0.3) is 0 Å². The predicted molar refractivity (Wildman–Crippen MR) is 71.3 cm³/mol. The highest BCUT2D eigenvalue weighted by molar-refractivity contribution is 7.09. The molecule has 0 aliphatic carbocycles. The van der Waals surface area contributed by atoms with Crippen LogP contribution in [0, 0.1) is 6.92 Å². The van der Waals surface area contributed by atoms with Crippen LogP contribution in [-0.2, 0) is 17.8 Å². The number of nitrogens with one attached hydrogen (secondary N) is 1. The summed E-state index contributed by atoms with van der Waals surface area (Å²) in [7, 11) is 0. The number of hydrogen-bond donors (Lipinski definition) is 1. The van der Waals surface area contributed by atoms with Crippen LogP contribution in [0.1, 0.15) is 22.7 Å². The molecule has 4 nitrogen and oxygen atoms in total. The molecule has 2 rings (SSSR count). The molecule has 0 saturated carbocycles. The fraction of sp³-hybridized carbons (Fsp3) is 0.308. The van der Waals surface area contributed by atoms with Crippen molar-refractivity contribution in [3.63, 3.8) is 0 Å². The van der Waals surface area contributed by atoms with Gasteiger partial charge in [0.1, 0.15) is 0 Å². The molecular weight excluding hydrogens is 246 g/mol. The molecule has 0 aliphatic rings. The van der Waals surface area contributed by atoms with Crippen molar-refractivity contribution >= 4 is 17.2 Å². The second-order valence-electron chi connectivity index (χ2n) is 3.99. The van der Waals surface area contributed by atoms with E-state index in [9.17, 15) is 4.79 Å². The largest absolute Gasteiger partial charge is 0.352 e. The average molecular weight is 261 g/mol. The van der Waals surface area contributed by atoms with Gasteiger partial charge >= 0.3 is 0 Å². The van der Waals surface area contributed by atoms with Crippen molar-refractivity contribution in [2.24, 2.45) is 0 Å². The maximum atomic E-state index is 11.6. The Morgan fingerprint density at radius 2 is 2.17 bits per heavy atom. The number of rotatable bonds is 5. The van der Waals surface area contributed by atoms with E-state index in [2.05, 4.69) is 15.3 Å². The molecule has 2 aromatic heterocycles. The molecule has 5 heteroatoms. The summed E-state index contributed by atoms with van der Waals surface area (Å²) < 4.78 is 0. The molecule has 0 aromatic carbocycles. The fourth-order valence-corrected chi connectivity index (χ4v) is 2.20.